The van der Waals surface area contributed by atoms with E-state index in [1.807, 2.05) is 0 Å². The Morgan fingerprint density at radius 3 is 2.14 bits per heavy atom. The molecule has 0 aliphatic carbocycles. The molecule has 3 nitrogen and oxygen atoms in total. The lowest BCUT2D eigenvalue weighted by atomic mass is 10.1. The second kappa shape index (κ2) is 5.87. The van der Waals surface area contributed by atoms with E-state index in [1.54, 1.807) is 24.3 Å². The molecule has 110 valence electrons. The molecule has 0 saturated carbocycles. The third-order valence-corrected chi connectivity index (χ3v) is 2.75. The largest absolute Gasteiger partial charge is 0.497 e. The summed E-state index contributed by atoms with van der Waals surface area (Å²) in [6.07, 6.45) is -4.18. The molecule has 0 heterocycles. The van der Waals surface area contributed by atoms with Crippen LogP contribution in [0, 0.1) is 0 Å². The van der Waals surface area contributed by atoms with Gasteiger partial charge in [-0.1, -0.05) is 0 Å². The summed E-state index contributed by atoms with van der Waals surface area (Å²) >= 11 is 0. The monoisotopic (exact) mass is 296 g/mol. The summed E-state index contributed by atoms with van der Waals surface area (Å²) < 4.78 is 48.1. The van der Waals surface area contributed by atoms with Gasteiger partial charge in [-0.25, -0.2) is 0 Å². The van der Waals surface area contributed by atoms with Crippen molar-refractivity contribution in [2.24, 2.45) is 0 Å². The average molecular weight is 296 g/mol. The van der Waals surface area contributed by atoms with Crippen molar-refractivity contribution in [2.75, 3.05) is 7.11 Å². The third kappa shape index (κ3) is 3.53. The minimum absolute atomic E-state index is 0.0585. The fraction of sp³-hybridized carbons (Fsp3) is 0.133. The number of alkyl halides is 3. The van der Waals surface area contributed by atoms with Gasteiger partial charge in [0, 0.05) is 0 Å². The van der Waals surface area contributed by atoms with E-state index in [4.69, 9.17) is 9.47 Å². The van der Waals surface area contributed by atoms with Crippen LogP contribution in [0.15, 0.2) is 42.5 Å². The van der Waals surface area contributed by atoms with Gasteiger partial charge in [-0.15, -0.1) is 0 Å². The lowest BCUT2D eigenvalue weighted by Gasteiger charge is -2.11. The maximum Gasteiger partial charge on any atom is 0.416 e. The van der Waals surface area contributed by atoms with Crippen molar-refractivity contribution in [2.45, 2.75) is 6.18 Å². The first-order chi connectivity index (χ1) is 9.94. The van der Waals surface area contributed by atoms with Gasteiger partial charge in [0.25, 0.3) is 0 Å². The molecule has 2 rings (SSSR count). The molecular formula is C15H11F3O3. The van der Waals surface area contributed by atoms with Crippen LogP contribution in [0.5, 0.6) is 17.2 Å². The van der Waals surface area contributed by atoms with Crippen LogP contribution >= 0.6 is 0 Å². The van der Waals surface area contributed by atoms with Crippen LogP contribution in [0.2, 0.25) is 0 Å². The summed E-state index contributed by atoms with van der Waals surface area (Å²) in [4.78, 5) is 10.9. The molecule has 0 atom stereocenters. The molecule has 0 spiro atoms. The van der Waals surface area contributed by atoms with Gasteiger partial charge >= 0.3 is 6.18 Å². The molecule has 21 heavy (non-hydrogen) atoms. The maximum absolute atomic E-state index is 12.6. The van der Waals surface area contributed by atoms with E-state index in [0.717, 1.165) is 18.2 Å². The Balaban J connectivity index is 2.29. The second-order valence-corrected chi connectivity index (χ2v) is 4.15. The lowest BCUT2D eigenvalue weighted by molar-refractivity contribution is -0.137. The highest BCUT2D eigenvalue weighted by Crippen LogP contribution is 2.33. The first-order valence-electron chi connectivity index (χ1n) is 5.92. The molecule has 0 radical (unpaired) electrons. The Hall–Kier alpha value is -2.50. The summed E-state index contributed by atoms with van der Waals surface area (Å²) in [6.45, 7) is 0. The van der Waals surface area contributed by atoms with Crippen LogP contribution < -0.4 is 9.47 Å². The number of carbonyl (C=O) groups excluding carboxylic acids is 1. The average Bonchev–Trinajstić information content (AvgIpc) is 2.47. The maximum atomic E-state index is 12.6. The zero-order valence-electron chi connectivity index (χ0n) is 11.0. The molecule has 0 saturated heterocycles. The Morgan fingerprint density at radius 1 is 1.00 bits per heavy atom. The van der Waals surface area contributed by atoms with Crippen LogP contribution in [-0.4, -0.2) is 13.4 Å². The van der Waals surface area contributed by atoms with Crippen LogP contribution in [0.4, 0.5) is 13.2 Å². The van der Waals surface area contributed by atoms with Crippen molar-refractivity contribution in [3.8, 4) is 17.2 Å². The molecule has 2 aromatic carbocycles. The van der Waals surface area contributed by atoms with Gasteiger partial charge in [0.2, 0.25) is 0 Å². The first-order valence-corrected chi connectivity index (χ1v) is 5.92. The number of hydrogen-bond acceptors (Lipinski definition) is 3. The predicted molar refractivity (Wildman–Crippen MR) is 69.9 cm³/mol. The van der Waals surface area contributed by atoms with Gasteiger partial charge in [-0.05, 0) is 42.5 Å². The summed E-state index contributed by atoms with van der Waals surface area (Å²) in [7, 11) is 1.51. The van der Waals surface area contributed by atoms with Crippen LogP contribution in [0.25, 0.3) is 0 Å². The first kappa shape index (κ1) is 14.9. The van der Waals surface area contributed by atoms with Gasteiger partial charge < -0.3 is 9.47 Å². The van der Waals surface area contributed by atoms with E-state index in [2.05, 4.69) is 0 Å². The Bertz CT molecular complexity index is 634. The van der Waals surface area contributed by atoms with Crippen molar-refractivity contribution in [1.29, 1.82) is 0 Å². The number of rotatable bonds is 4. The van der Waals surface area contributed by atoms with Gasteiger partial charge in [-0.3, -0.25) is 4.79 Å². The van der Waals surface area contributed by atoms with Crippen molar-refractivity contribution in [1.82, 2.24) is 0 Å². The predicted octanol–water partition coefficient (Wildman–Crippen LogP) is 4.32. The number of aldehydes is 1. The molecule has 0 unspecified atom stereocenters. The smallest absolute Gasteiger partial charge is 0.416 e. The van der Waals surface area contributed by atoms with Gasteiger partial charge in [0.05, 0.1) is 18.2 Å². The molecule has 0 aliphatic rings. The van der Waals surface area contributed by atoms with E-state index >= 15 is 0 Å². The molecule has 0 N–H and O–H groups in total. The summed E-state index contributed by atoms with van der Waals surface area (Å²) in [5.41, 5.74) is -1.06. The fourth-order valence-electron chi connectivity index (χ4n) is 1.68. The van der Waals surface area contributed by atoms with Crippen molar-refractivity contribution in [3.63, 3.8) is 0 Å². The lowest BCUT2D eigenvalue weighted by Crippen LogP contribution is -2.05. The molecule has 0 bridgehead atoms. The van der Waals surface area contributed by atoms with Gasteiger partial charge in [0.15, 0.2) is 6.29 Å². The quantitative estimate of drug-likeness (QED) is 0.788. The number of carbonyl (C=O) groups is 1. The number of halogens is 3. The topological polar surface area (TPSA) is 35.5 Å². The van der Waals surface area contributed by atoms with E-state index in [1.165, 1.54) is 7.11 Å². The molecule has 0 amide bonds. The Kier molecular flexibility index (Phi) is 4.16. The summed E-state index contributed by atoms with van der Waals surface area (Å²) in [6, 6.07) is 9.20. The minimum atomic E-state index is -4.50. The van der Waals surface area contributed by atoms with E-state index in [-0.39, 0.29) is 11.3 Å². The molecular weight excluding hydrogens is 285 g/mol. The normalized spacial score (nSPS) is 11.0. The minimum Gasteiger partial charge on any atom is -0.497 e. The van der Waals surface area contributed by atoms with Crippen LogP contribution in [0.1, 0.15) is 15.9 Å². The third-order valence-electron chi connectivity index (χ3n) is 2.75. The van der Waals surface area contributed by atoms with Crippen LogP contribution in [0.3, 0.4) is 0 Å². The zero-order chi connectivity index (χ0) is 15.5. The number of hydrogen-bond donors (Lipinski definition) is 0. The fourth-order valence-corrected chi connectivity index (χ4v) is 1.68. The number of benzene rings is 2. The summed E-state index contributed by atoms with van der Waals surface area (Å²) in [5, 5.41) is 0. The molecule has 0 aliphatic heterocycles. The Morgan fingerprint density at radius 2 is 1.62 bits per heavy atom. The van der Waals surface area contributed by atoms with Crippen molar-refractivity contribution < 1.29 is 27.4 Å². The standard InChI is InChI=1S/C15H11F3O3/c1-20-12-3-5-13(6-4-12)21-14-7-2-11(15(16,17)18)8-10(14)9-19/h2-9H,1H3. The molecule has 2 aromatic rings. The highest BCUT2D eigenvalue weighted by molar-refractivity contribution is 5.80. The molecule has 6 heteroatoms. The van der Waals surface area contributed by atoms with Crippen LogP contribution in [-0.2, 0) is 6.18 Å². The zero-order valence-corrected chi connectivity index (χ0v) is 11.0. The highest BCUT2D eigenvalue weighted by atomic mass is 19.4. The SMILES string of the molecule is COc1ccc(Oc2ccc(C(F)(F)F)cc2C=O)cc1. The van der Waals surface area contributed by atoms with E-state index < -0.39 is 11.7 Å². The molecule has 0 fully saturated rings. The number of methoxy groups -OCH3 is 1. The van der Waals surface area contributed by atoms with E-state index in [9.17, 15) is 18.0 Å². The second-order valence-electron chi connectivity index (χ2n) is 4.15. The van der Waals surface area contributed by atoms with E-state index in [0.29, 0.717) is 17.8 Å². The van der Waals surface area contributed by atoms with Gasteiger partial charge in [-0.2, -0.15) is 13.2 Å². The molecule has 0 aromatic heterocycles. The van der Waals surface area contributed by atoms with Crippen molar-refractivity contribution in [3.05, 3.63) is 53.6 Å². The Labute approximate surface area is 118 Å². The van der Waals surface area contributed by atoms with Gasteiger partial charge in [0.1, 0.15) is 17.2 Å². The summed E-state index contributed by atoms with van der Waals surface area (Å²) in [5.74, 6) is 1.06. The highest BCUT2D eigenvalue weighted by Gasteiger charge is 2.31. The number of ether oxygens (including phenoxy) is 2. The van der Waals surface area contributed by atoms with Crippen molar-refractivity contribution >= 4 is 6.29 Å².